The van der Waals surface area contributed by atoms with E-state index in [0.717, 1.165) is 57.8 Å². The van der Waals surface area contributed by atoms with E-state index in [4.69, 9.17) is 0 Å². The molecule has 0 aromatic rings. The summed E-state index contributed by atoms with van der Waals surface area (Å²) in [4.78, 5) is 65.4. The molecular formula is C24H36O6V+2. The monoisotopic (exact) mass is 471 g/mol. The second kappa shape index (κ2) is 15.4. The van der Waals surface area contributed by atoms with Gasteiger partial charge in [-0.2, -0.15) is 0 Å². The largest absolute Gasteiger partial charge is 2.00 e. The van der Waals surface area contributed by atoms with Crippen molar-refractivity contribution in [2.24, 2.45) is 17.8 Å². The van der Waals surface area contributed by atoms with Gasteiger partial charge in [-0.25, -0.2) is 0 Å². The van der Waals surface area contributed by atoms with Crippen LogP contribution in [0.4, 0.5) is 0 Å². The Hall–Kier alpha value is -1.40. The van der Waals surface area contributed by atoms with Gasteiger partial charge in [0.1, 0.15) is 34.7 Å². The number of Topliss-reactive ketones (excluding diaryl/α,β-unsaturated/α-hetero) is 6. The molecule has 0 aliphatic heterocycles. The molecule has 3 aliphatic carbocycles. The molecule has 171 valence electrons. The molecule has 0 spiro atoms. The molecular weight excluding hydrogens is 435 g/mol. The van der Waals surface area contributed by atoms with Gasteiger partial charge in [-0.3, -0.25) is 28.8 Å². The van der Waals surface area contributed by atoms with Crippen LogP contribution in [-0.4, -0.2) is 34.7 Å². The second-order valence-electron chi connectivity index (χ2n) is 8.63. The van der Waals surface area contributed by atoms with Gasteiger partial charge in [0.2, 0.25) is 0 Å². The molecule has 3 aliphatic rings. The van der Waals surface area contributed by atoms with Gasteiger partial charge in [0.15, 0.2) is 0 Å². The number of ketones is 6. The molecule has 0 heterocycles. The Morgan fingerprint density at radius 2 is 0.742 bits per heavy atom. The van der Waals surface area contributed by atoms with E-state index in [0.29, 0.717) is 19.3 Å². The maximum Gasteiger partial charge on any atom is 2.00 e. The van der Waals surface area contributed by atoms with Crippen LogP contribution >= 0.6 is 0 Å². The molecule has 0 bridgehead atoms. The van der Waals surface area contributed by atoms with Crippen LogP contribution in [0.1, 0.15) is 97.8 Å². The molecule has 1 radical (unpaired) electrons. The molecule has 3 atom stereocenters. The Balaban J connectivity index is 0.000000429. The van der Waals surface area contributed by atoms with Gasteiger partial charge < -0.3 is 0 Å². The van der Waals surface area contributed by atoms with Gasteiger partial charge in [-0.05, 0) is 59.3 Å². The Morgan fingerprint density at radius 3 is 0.871 bits per heavy atom. The first-order valence-electron chi connectivity index (χ1n) is 11.2. The number of hydrogen-bond donors (Lipinski definition) is 0. The van der Waals surface area contributed by atoms with Crippen molar-refractivity contribution < 1.29 is 47.3 Å². The summed E-state index contributed by atoms with van der Waals surface area (Å²) < 4.78 is 0. The van der Waals surface area contributed by atoms with E-state index in [1.807, 2.05) is 0 Å². The van der Waals surface area contributed by atoms with Gasteiger partial charge in [0.25, 0.3) is 0 Å². The van der Waals surface area contributed by atoms with E-state index < -0.39 is 0 Å². The minimum atomic E-state index is -0.256. The Labute approximate surface area is 197 Å². The predicted octanol–water partition coefficient (Wildman–Crippen LogP) is 4.00. The van der Waals surface area contributed by atoms with Crippen molar-refractivity contribution in [3.05, 3.63) is 0 Å². The first-order chi connectivity index (χ1) is 14.1. The molecule has 7 heteroatoms. The summed E-state index contributed by atoms with van der Waals surface area (Å²) >= 11 is 0. The molecule has 0 saturated heterocycles. The van der Waals surface area contributed by atoms with E-state index in [2.05, 4.69) is 0 Å². The van der Waals surface area contributed by atoms with Gasteiger partial charge in [-0.1, -0.05) is 19.3 Å². The number of carbonyl (C=O) groups excluding carboxylic acids is 6. The second-order valence-corrected chi connectivity index (χ2v) is 8.63. The minimum absolute atomic E-state index is 0. The van der Waals surface area contributed by atoms with Crippen LogP contribution < -0.4 is 0 Å². The fourth-order valence-corrected chi connectivity index (χ4v) is 4.24. The third-order valence-corrected chi connectivity index (χ3v) is 6.14. The average molecular weight is 471 g/mol. The zero-order chi connectivity index (χ0) is 22.7. The van der Waals surface area contributed by atoms with Crippen LogP contribution in [0, 0.1) is 17.8 Å². The van der Waals surface area contributed by atoms with Crippen molar-refractivity contribution >= 4 is 34.7 Å². The first kappa shape index (κ1) is 29.6. The normalized spacial score (nSPS) is 25.6. The van der Waals surface area contributed by atoms with Gasteiger partial charge >= 0.3 is 18.6 Å². The SMILES string of the molecule is CC(=O)C1CCCCC1=O.CC(=O)C1CCCCC1=O.CC(=O)C1CCCCC1=O.[V+2]. The van der Waals surface area contributed by atoms with Crippen molar-refractivity contribution in [3.63, 3.8) is 0 Å². The Kier molecular flexibility index (Phi) is 14.7. The zero-order valence-electron chi connectivity index (χ0n) is 19.1. The fourth-order valence-electron chi connectivity index (χ4n) is 4.24. The summed E-state index contributed by atoms with van der Waals surface area (Å²) in [5.74, 6) is -0.174. The Morgan fingerprint density at radius 1 is 0.516 bits per heavy atom. The summed E-state index contributed by atoms with van der Waals surface area (Å²) in [7, 11) is 0. The summed E-state index contributed by atoms with van der Waals surface area (Å²) in [5, 5.41) is 0. The summed E-state index contributed by atoms with van der Waals surface area (Å²) in [6.07, 6.45) is 10.2. The van der Waals surface area contributed by atoms with Crippen molar-refractivity contribution in [2.75, 3.05) is 0 Å². The molecule has 3 fully saturated rings. The van der Waals surface area contributed by atoms with Crippen molar-refractivity contribution in [1.82, 2.24) is 0 Å². The van der Waals surface area contributed by atoms with E-state index in [9.17, 15) is 28.8 Å². The minimum Gasteiger partial charge on any atom is -0.299 e. The molecule has 6 nitrogen and oxygen atoms in total. The van der Waals surface area contributed by atoms with Crippen LogP contribution in [0.15, 0.2) is 0 Å². The van der Waals surface area contributed by atoms with E-state index in [1.54, 1.807) is 0 Å². The number of carbonyl (C=O) groups is 6. The molecule has 3 unspecified atom stereocenters. The molecule has 0 aromatic carbocycles. The van der Waals surface area contributed by atoms with Crippen LogP contribution in [0.2, 0.25) is 0 Å². The zero-order valence-corrected chi connectivity index (χ0v) is 20.5. The van der Waals surface area contributed by atoms with Gasteiger partial charge in [-0.15, -0.1) is 0 Å². The topological polar surface area (TPSA) is 102 Å². The van der Waals surface area contributed by atoms with Crippen molar-refractivity contribution in [2.45, 2.75) is 97.8 Å². The third kappa shape index (κ3) is 10.6. The summed E-state index contributed by atoms with van der Waals surface area (Å²) in [6.45, 7) is 4.52. The molecule has 0 aromatic heterocycles. The van der Waals surface area contributed by atoms with E-state index in [1.165, 1.54) is 20.8 Å². The third-order valence-electron chi connectivity index (χ3n) is 6.14. The number of hydrogen-bond acceptors (Lipinski definition) is 6. The molecule has 3 rings (SSSR count). The van der Waals surface area contributed by atoms with Crippen LogP contribution in [0.3, 0.4) is 0 Å². The Bertz CT molecular complexity index is 579. The van der Waals surface area contributed by atoms with Crippen LogP contribution in [0.25, 0.3) is 0 Å². The first-order valence-corrected chi connectivity index (χ1v) is 11.2. The predicted molar refractivity (Wildman–Crippen MR) is 113 cm³/mol. The van der Waals surface area contributed by atoms with Crippen LogP contribution in [-0.2, 0) is 47.3 Å². The maximum atomic E-state index is 11.0. The summed E-state index contributed by atoms with van der Waals surface area (Å²) in [6, 6.07) is 0. The van der Waals surface area contributed by atoms with Crippen molar-refractivity contribution in [3.8, 4) is 0 Å². The standard InChI is InChI=1S/3C8H12O2.V/c3*1-6(9)7-4-2-3-5-8(7)10;/h3*7H,2-5H2,1H3;/q;;;+2. The fraction of sp³-hybridized carbons (Fsp3) is 0.750. The number of rotatable bonds is 3. The van der Waals surface area contributed by atoms with Crippen molar-refractivity contribution in [1.29, 1.82) is 0 Å². The van der Waals surface area contributed by atoms with Gasteiger partial charge in [0, 0.05) is 19.3 Å². The molecule has 0 N–H and O–H groups in total. The van der Waals surface area contributed by atoms with E-state index >= 15 is 0 Å². The maximum absolute atomic E-state index is 11.0. The van der Waals surface area contributed by atoms with Gasteiger partial charge in [0.05, 0.1) is 17.8 Å². The average Bonchev–Trinajstić information content (AvgIpc) is 2.69. The molecule has 31 heavy (non-hydrogen) atoms. The van der Waals surface area contributed by atoms with E-state index in [-0.39, 0.29) is 71.0 Å². The van der Waals surface area contributed by atoms with Crippen LogP contribution in [0.5, 0.6) is 0 Å². The smallest absolute Gasteiger partial charge is 0.299 e. The molecule has 0 amide bonds. The summed E-state index contributed by atoms with van der Waals surface area (Å²) in [5.41, 5.74) is 0. The molecule has 3 saturated carbocycles. The quantitative estimate of drug-likeness (QED) is 0.577.